The number of nitrogens with zero attached hydrogens (tertiary/aromatic N) is 1. The number of halogens is 4. The van der Waals surface area contributed by atoms with E-state index in [1.165, 1.54) is 11.3 Å². The van der Waals surface area contributed by atoms with Crippen LogP contribution in [0.3, 0.4) is 0 Å². The zero-order valence-corrected chi connectivity index (χ0v) is 23.1. The zero-order valence-electron chi connectivity index (χ0n) is 20.7. The number of hydrogen-bond donors (Lipinski definition) is 3. The molecule has 9 nitrogen and oxygen atoms in total. The number of amides is 3. The van der Waals surface area contributed by atoms with Gasteiger partial charge in [-0.05, 0) is 37.8 Å². The number of piperidine rings is 2. The first kappa shape index (κ1) is 28.0. The highest BCUT2D eigenvalue weighted by Crippen LogP contribution is 2.49. The van der Waals surface area contributed by atoms with Gasteiger partial charge in [0.2, 0.25) is 26.8 Å². The van der Waals surface area contributed by atoms with Gasteiger partial charge >= 0.3 is 0 Å². The lowest BCUT2D eigenvalue weighted by Gasteiger charge is -2.53. The van der Waals surface area contributed by atoms with Crippen LogP contribution in [-0.4, -0.2) is 72.9 Å². The lowest BCUT2D eigenvalue weighted by atomic mass is 9.71. The average Bonchev–Trinajstić information content (AvgIpc) is 3.55. The molecule has 1 saturated carbocycles. The molecule has 2 aromatic rings. The average molecular weight is 607 g/mol. The Bertz CT molecular complexity index is 1470. The Morgan fingerprint density at radius 2 is 2.08 bits per heavy atom. The van der Waals surface area contributed by atoms with E-state index < -0.39 is 69.1 Å². The number of thiophene rings is 1. The molecule has 3 saturated heterocycles. The Balaban J connectivity index is 1.47. The highest BCUT2D eigenvalue weighted by molar-refractivity contribution is 7.94. The predicted octanol–water partition coefficient (Wildman–Crippen LogP) is 3.38. The van der Waals surface area contributed by atoms with Crippen molar-refractivity contribution in [3.05, 3.63) is 33.4 Å². The Morgan fingerprint density at radius 1 is 1.33 bits per heavy atom. The second-order valence-corrected chi connectivity index (χ2v) is 13.6. The summed E-state index contributed by atoms with van der Waals surface area (Å²) in [7, 11) is -4.26. The number of fused-ring (bicyclic) bond motifs is 4. The minimum absolute atomic E-state index is 0.00554. The van der Waals surface area contributed by atoms with E-state index in [0.717, 1.165) is 4.90 Å². The SMILES string of the molecule is CS(=O)(=O)/C(F)=C/[C@H](C[C@@H]1CCNC1=O)NC(=O)[C@H]1[C@@H]2CC[C@@H](CC2(F)F)N1C(=O)c1cc2scc(Cl)c2[nH]1. The van der Waals surface area contributed by atoms with Crippen LogP contribution in [0.4, 0.5) is 13.2 Å². The molecule has 5 heterocycles. The second-order valence-electron chi connectivity index (χ2n) is 10.3. The fraction of sp³-hybridized carbons (Fsp3) is 0.542. The van der Waals surface area contributed by atoms with Crippen LogP contribution >= 0.6 is 22.9 Å². The molecular formula is C24H26ClF3N4O5S2. The van der Waals surface area contributed by atoms with Crippen LogP contribution in [0.15, 0.2) is 22.7 Å². The number of hydrogen-bond acceptors (Lipinski definition) is 6. The second kappa shape index (κ2) is 10.1. The highest BCUT2D eigenvalue weighted by Gasteiger charge is 2.60. The van der Waals surface area contributed by atoms with Crippen LogP contribution in [0, 0.1) is 11.8 Å². The molecule has 3 N–H and O–H groups in total. The van der Waals surface area contributed by atoms with E-state index in [-0.39, 0.29) is 30.9 Å². The van der Waals surface area contributed by atoms with Crippen molar-refractivity contribution in [1.82, 2.24) is 20.5 Å². The van der Waals surface area contributed by atoms with Gasteiger partial charge in [-0.3, -0.25) is 14.4 Å². The number of rotatable bonds is 7. The first-order valence-electron chi connectivity index (χ1n) is 12.4. The summed E-state index contributed by atoms with van der Waals surface area (Å²) in [6, 6.07) is -2.25. The summed E-state index contributed by atoms with van der Waals surface area (Å²) in [5, 5.41) is 5.65. The maximum absolute atomic E-state index is 15.1. The third kappa shape index (κ3) is 5.30. The maximum atomic E-state index is 15.1. The lowest BCUT2D eigenvalue weighted by Crippen LogP contribution is -2.68. The molecule has 6 rings (SSSR count). The molecule has 2 aromatic heterocycles. The molecule has 1 aliphatic carbocycles. The number of carbonyl (C=O) groups excluding carboxylic acids is 3. The number of alkyl halides is 2. The summed E-state index contributed by atoms with van der Waals surface area (Å²) in [6.45, 7) is 0.362. The van der Waals surface area contributed by atoms with E-state index in [2.05, 4.69) is 15.6 Å². The van der Waals surface area contributed by atoms with Gasteiger partial charge in [0.25, 0.3) is 11.8 Å². The van der Waals surface area contributed by atoms with Gasteiger partial charge in [-0.1, -0.05) is 11.6 Å². The van der Waals surface area contributed by atoms with Crippen LogP contribution in [0.5, 0.6) is 0 Å². The van der Waals surface area contributed by atoms with E-state index in [1.54, 1.807) is 11.4 Å². The first-order chi connectivity index (χ1) is 18.3. The third-order valence-electron chi connectivity index (χ3n) is 7.69. The molecule has 39 heavy (non-hydrogen) atoms. The van der Waals surface area contributed by atoms with Gasteiger partial charge in [0, 0.05) is 36.6 Å². The van der Waals surface area contributed by atoms with E-state index in [0.29, 0.717) is 40.5 Å². The molecule has 0 unspecified atom stereocenters. The summed E-state index contributed by atoms with van der Waals surface area (Å²) in [5.74, 6) is -7.32. The molecular weight excluding hydrogens is 581 g/mol. The highest BCUT2D eigenvalue weighted by atomic mass is 35.5. The Morgan fingerprint density at radius 3 is 2.69 bits per heavy atom. The monoisotopic (exact) mass is 606 g/mol. The first-order valence-corrected chi connectivity index (χ1v) is 15.5. The van der Waals surface area contributed by atoms with E-state index in [9.17, 15) is 27.2 Å². The Hall–Kier alpha value is -2.58. The molecule has 2 bridgehead atoms. The van der Waals surface area contributed by atoms with Crippen molar-refractivity contribution in [2.75, 3.05) is 12.8 Å². The van der Waals surface area contributed by atoms with Crippen LogP contribution in [0.2, 0.25) is 5.02 Å². The molecule has 3 amide bonds. The largest absolute Gasteiger partial charge is 0.356 e. The van der Waals surface area contributed by atoms with Crippen molar-refractivity contribution in [2.24, 2.45) is 11.8 Å². The molecule has 4 fully saturated rings. The van der Waals surface area contributed by atoms with Gasteiger partial charge in [0.05, 0.1) is 27.2 Å². The number of sulfone groups is 1. The van der Waals surface area contributed by atoms with Crippen LogP contribution in [0.1, 0.15) is 42.6 Å². The summed E-state index contributed by atoms with van der Waals surface area (Å²) >= 11 is 7.45. The Kier molecular flexibility index (Phi) is 7.25. The van der Waals surface area contributed by atoms with Crippen molar-refractivity contribution in [2.45, 2.75) is 56.2 Å². The topological polar surface area (TPSA) is 128 Å². The van der Waals surface area contributed by atoms with Gasteiger partial charge in [-0.25, -0.2) is 17.2 Å². The van der Waals surface area contributed by atoms with Crippen molar-refractivity contribution in [3.8, 4) is 0 Å². The van der Waals surface area contributed by atoms with Gasteiger partial charge < -0.3 is 20.5 Å². The number of aromatic amines is 1. The molecule has 0 spiro atoms. The molecule has 212 valence electrons. The van der Waals surface area contributed by atoms with Crippen LogP contribution < -0.4 is 10.6 Å². The maximum Gasteiger partial charge on any atom is 0.271 e. The van der Waals surface area contributed by atoms with E-state index >= 15 is 8.78 Å². The van der Waals surface area contributed by atoms with Crippen molar-refractivity contribution in [3.63, 3.8) is 0 Å². The quantitative estimate of drug-likeness (QED) is 0.445. The number of H-pyrrole nitrogens is 1. The fourth-order valence-electron chi connectivity index (χ4n) is 5.83. The smallest absolute Gasteiger partial charge is 0.271 e. The third-order valence-corrected chi connectivity index (χ3v) is 9.90. The minimum Gasteiger partial charge on any atom is -0.356 e. The molecule has 15 heteroatoms. The molecule has 0 aromatic carbocycles. The summed E-state index contributed by atoms with van der Waals surface area (Å²) < 4.78 is 68.7. The van der Waals surface area contributed by atoms with Crippen molar-refractivity contribution in [1.29, 1.82) is 0 Å². The number of aromatic nitrogens is 1. The van der Waals surface area contributed by atoms with Crippen molar-refractivity contribution >= 4 is 60.7 Å². The van der Waals surface area contributed by atoms with Gasteiger partial charge in [0.15, 0.2) is 0 Å². The van der Waals surface area contributed by atoms with Crippen LogP contribution in [-0.2, 0) is 19.4 Å². The molecule has 4 aliphatic rings. The summed E-state index contributed by atoms with van der Waals surface area (Å²) in [4.78, 5) is 43.5. The predicted molar refractivity (Wildman–Crippen MR) is 139 cm³/mol. The number of carbonyl (C=O) groups is 3. The molecule has 3 aliphatic heterocycles. The molecule has 5 atom stereocenters. The minimum atomic E-state index is -4.26. The van der Waals surface area contributed by atoms with Gasteiger partial charge in [-0.15, -0.1) is 11.3 Å². The zero-order chi connectivity index (χ0) is 28.3. The normalized spacial score (nSPS) is 27.6. The number of nitrogens with one attached hydrogen (secondary N) is 3. The standard InChI is InChI=1S/C24H26ClF3N4O5S2/c1-39(36,37)18(26)7-12(6-11-4-5-29-21(11)33)30-22(34)20-14-3-2-13(9-24(14,27)28)32(20)23(35)16-8-17-19(31-16)15(25)10-38-17/h7-8,10-14,20,31H,2-6,9H2,1H3,(H,29,33)(H,30,34)/b18-7+/t11-,12-,13-,14-,20+/m0/s1. The fourth-order valence-corrected chi connectivity index (χ4v) is 7.39. The summed E-state index contributed by atoms with van der Waals surface area (Å²) in [6.07, 6.45) is 1.23. The van der Waals surface area contributed by atoms with Crippen molar-refractivity contribution < 1.29 is 36.0 Å². The van der Waals surface area contributed by atoms with Gasteiger partial charge in [0.1, 0.15) is 11.7 Å². The van der Waals surface area contributed by atoms with Crippen LogP contribution in [0.25, 0.3) is 10.2 Å². The lowest BCUT2D eigenvalue weighted by molar-refractivity contribution is -0.179. The van der Waals surface area contributed by atoms with E-state index in [1.807, 2.05) is 0 Å². The van der Waals surface area contributed by atoms with Gasteiger partial charge in [-0.2, -0.15) is 4.39 Å². The Labute approximate surface area is 231 Å². The summed E-state index contributed by atoms with van der Waals surface area (Å²) in [5.41, 5.74) is 0.615. The molecule has 0 radical (unpaired) electrons. The van der Waals surface area contributed by atoms with E-state index in [4.69, 9.17) is 11.6 Å².